The number of piperidine rings is 1. The number of fused-ring (bicyclic) bond motifs is 3. The van der Waals surface area contributed by atoms with Gasteiger partial charge in [-0.1, -0.05) is 36.8 Å². The molecule has 0 spiro atoms. The van der Waals surface area contributed by atoms with E-state index in [2.05, 4.69) is 32.4 Å². The quantitative estimate of drug-likeness (QED) is 0.727. The highest BCUT2D eigenvalue weighted by atomic mass is 19.2. The first kappa shape index (κ1) is 17.7. The summed E-state index contributed by atoms with van der Waals surface area (Å²) in [6.45, 7) is 2.06. The number of aromatic amines is 1. The molecule has 1 aromatic heterocycles. The van der Waals surface area contributed by atoms with Crippen LogP contribution in [0.15, 0.2) is 36.4 Å². The van der Waals surface area contributed by atoms with Crippen LogP contribution in [0.3, 0.4) is 0 Å². The van der Waals surface area contributed by atoms with E-state index in [0.717, 1.165) is 31.9 Å². The number of hydrogen-bond donors (Lipinski definition) is 2. The molecule has 1 aliphatic heterocycles. The van der Waals surface area contributed by atoms with E-state index in [9.17, 15) is 13.9 Å². The molecule has 1 saturated carbocycles. The lowest BCUT2D eigenvalue weighted by atomic mass is 9.62. The predicted octanol–water partition coefficient (Wildman–Crippen LogP) is 3.36. The Bertz CT molecular complexity index is 992. The normalized spacial score (nSPS) is 28.0. The van der Waals surface area contributed by atoms with Gasteiger partial charge in [-0.3, -0.25) is 4.90 Å². The van der Waals surface area contributed by atoms with Crippen LogP contribution in [0.2, 0.25) is 0 Å². The molecule has 0 amide bonds. The van der Waals surface area contributed by atoms with Gasteiger partial charge in [0.15, 0.2) is 11.6 Å². The van der Waals surface area contributed by atoms with Gasteiger partial charge in [0.1, 0.15) is 16.6 Å². The Morgan fingerprint density at radius 1 is 1.11 bits per heavy atom. The average Bonchev–Trinajstić information content (AvgIpc) is 3.12. The van der Waals surface area contributed by atoms with Gasteiger partial charge in [0.2, 0.25) is 0 Å². The van der Waals surface area contributed by atoms with Crippen molar-refractivity contribution in [3.8, 4) is 0 Å². The first-order valence-electron chi connectivity index (χ1n) is 9.75. The van der Waals surface area contributed by atoms with E-state index in [-0.39, 0.29) is 28.4 Å². The third-order valence-electron chi connectivity index (χ3n) is 6.46. The number of aliphatic hydroxyl groups is 1. The number of halogens is 2. The summed E-state index contributed by atoms with van der Waals surface area (Å²) in [6.07, 6.45) is 2.52. The second-order valence-corrected chi connectivity index (χ2v) is 8.07. The molecule has 2 fully saturated rings. The van der Waals surface area contributed by atoms with E-state index in [1.54, 1.807) is 0 Å². The summed E-state index contributed by atoms with van der Waals surface area (Å²) in [7, 11) is 0. The smallest absolute Gasteiger partial charge is 0.167 e. The molecule has 2 aromatic carbocycles. The van der Waals surface area contributed by atoms with Crippen LogP contribution in [0.5, 0.6) is 0 Å². The van der Waals surface area contributed by atoms with Crippen LogP contribution < -0.4 is 0 Å². The first-order valence-corrected chi connectivity index (χ1v) is 9.75. The minimum atomic E-state index is -1.44. The summed E-state index contributed by atoms with van der Waals surface area (Å²) >= 11 is 0. The summed E-state index contributed by atoms with van der Waals surface area (Å²) < 4.78 is 29.2. The fraction of sp³-hybridized carbons (Fsp3) is 0.429. The summed E-state index contributed by atoms with van der Waals surface area (Å²) in [6, 6.07) is 11.2. The lowest BCUT2D eigenvalue weighted by Crippen LogP contribution is -2.58. The fourth-order valence-corrected chi connectivity index (χ4v) is 5.22. The Hall–Kier alpha value is -2.38. The van der Waals surface area contributed by atoms with Gasteiger partial charge >= 0.3 is 0 Å². The molecule has 2 bridgehead atoms. The lowest BCUT2D eigenvalue weighted by molar-refractivity contribution is -0.149. The summed E-state index contributed by atoms with van der Waals surface area (Å²) in [5, 5.41) is 22.2. The second-order valence-electron chi connectivity index (χ2n) is 8.07. The average molecular weight is 384 g/mol. The maximum Gasteiger partial charge on any atom is 0.167 e. The fourth-order valence-electron chi connectivity index (χ4n) is 5.22. The van der Waals surface area contributed by atoms with Crippen LogP contribution >= 0.6 is 0 Å². The minimum absolute atomic E-state index is 0.0229. The standard InChI is InChI=1S/C21H22F2N4O/c22-16-9-17-20(25-26-24-17)18(19(16)23)21(28)14-7-4-8-15(21)12-27(11-14)10-13-5-2-1-3-6-13/h1-3,5-6,9,14-15,28H,4,7-8,10-12H2,(H,24,25,26). The molecule has 146 valence electrons. The van der Waals surface area contributed by atoms with Crippen LogP contribution in [-0.2, 0) is 12.1 Å². The maximum absolute atomic E-state index is 15.0. The molecule has 3 aromatic rings. The largest absolute Gasteiger partial charge is 0.384 e. The van der Waals surface area contributed by atoms with Gasteiger partial charge in [-0.05, 0) is 18.4 Å². The topological polar surface area (TPSA) is 65.0 Å². The maximum atomic E-state index is 15.0. The molecule has 2 unspecified atom stereocenters. The summed E-state index contributed by atoms with van der Waals surface area (Å²) in [5.41, 5.74) is 0.223. The van der Waals surface area contributed by atoms with E-state index in [1.165, 1.54) is 5.56 Å². The van der Waals surface area contributed by atoms with Gasteiger partial charge in [-0.15, -0.1) is 0 Å². The number of rotatable bonds is 3. The highest BCUT2D eigenvalue weighted by molar-refractivity contribution is 5.79. The van der Waals surface area contributed by atoms with Gasteiger partial charge in [-0.25, -0.2) is 8.78 Å². The number of nitrogens with one attached hydrogen (secondary N) is 1. The molecule has 5 rings (SSSR count). The van der Waals surface area contributed by atoms with Crippen LogP contribution in [-0.4, -0.2) is 38.5 Å². The van der Waals surface area contributed by atoms with E-state index in [4.69, 9.17) is 0 Å². The van der Waals surface area contributed by atoms with E-state index < -0.39 is 17.2 Å². The highest BCUT2D eigenvalue weighted by Gasteiger charge is 2.54. The van der Waals surface area contributed by atoms with Gasteiger partial charge in [0, 0.05) is 37.5 Å². The molecule has 2 aliphatic rings. The van der Waals surface area contributed by atoms with E-state index in [1.807, 2.05) is 18.2 Å². The van der Waals surface area contributed by atoms with Crippen molar-refractivity contribution in [2.75, 3.05) is 13.1 Å². The van der Waals surface area contributed by atoms with Crippen molar-refractivity contribution in [3.63, 3.8) is 0 Å². The Morgan fingerprint density at radius 3 is 2.54 bits per heavy atom. The Labute approximate surface area is 161 Å². The van der Waals surface area contributed by atoms with Crippen LogP contribution in [0, 0.1) is 23.5 Å². The number of benzene rings is 2. The van der Waals surface area contributed by atoms with Gasteiger partial charge in [-0.2, -0.15) is 15.4 Å². The molecule has 2 heterocycles. The van der Waals surface area contributed by atoms with Gasteiger partial charge < -0.3 is 5.11 Å². The molecule has 2 atom stereocenters. The molecule has 28 heavy (non-hydrogen) atoms. The van der Waals surface area contributed by atoms with Crippen molar-refractivity contribution < 1.29 is 13.9 Å². The Kier molecular flexibility index (Phi) is 4.17. The number of hydrogen-bond acceptors (Lipinski definition) is 4. The molecule has 5 nitrogen and oxygen atoms in total. The zero-order valence-electron chi connectivity index (χ0n) is 15.4. The Morgan fingerprint density at radius 2 is 1.82 bits per heavy atom. The molecule has 1 aliphatic carbocycles. The number of likely N-dealkylation sites (tertiary alicyclic amines) is 1. The SMILES string of the molecule is OC1(c2c(F)c(F)cc3n[nH]nc23)C2CCCC1CN(Cc1ccccc1)C2. The van der Waals surface area contributed by atoms with Gasteiger partial charge in [0.25, 0.3) is 0 Å². The third kappa shape index (κ3) is 2.64. The monoisotopic (exact) mass is 384 g/mol. The van der Waals surface area contributed by atoms with Crippen molar-refractivity contribution >= 4 is 11.0 Å². The number of H-pyrrole nitrogens is 1. The Balaban J connectivity index is 1.54. The molecular formula is C21H22F2N4O. The summed E-state index contributed by atoms with van der Waals surface area (Å²) in [4.78, 5) is 2.31. The number of aromatic nitrogens is 3. The van der Waals surface area contributed by atoms with E-state index >= 15 is 0 Å². The molecule has 1 saturated heterocycles. The molecule has 2 N–H and O–H groups in total. The highest BCUT2D eigenvalue weighted by Crippen LogP contribution is 2.51. The first-order chi connectivity index (χ1) is 13.6. The summed E-state index contributed by atoms with van der Waals surface area (Å²) in [5.74, 6) is -2.35. The van der Waals surface area contributed by atoms with Crippen LogP contribution in [0.1, 0.15) is 30.4 Å². The number of nitrogens with zero attached hydrogens (tertiary/aromatic N) is 3. The van der Waals surface area contributed by atoms with Gasteiger partial charge in [0.05, 0.1) is 5.56 Å². The molecule has 7 heteroatoms. The van der Waals surface area contributed by atoms with Crippen LogP contribution in [0.4, 0.5) is 8.78 Å². The zero-order valence-corrected chi connectivity index (χ0v) is 15.4. The molecule has 0 radical (unpaired) electrons. The minimum Gasteiger partial charge on any atom is -0.384 e. The van der Waals surface area contributed by atoms with Crippen molar-refractivity contribution in [1.29, 1.82) is 0 Å². The zero-order chi connectivity index (χ0) is 19.3. The van der Waals surface area contributed by atoms with Crippen molar-refractivity contribution in [2.45, 2.75) is 31.4 Å². The predicted molar refractivity (Wildman–Crippen MR) is 100 cm³/mol. The lowest BCUT2D eigenvalue weighted by Gasteiger charge is -2.53. The van der Waals surface area contributed by atoms with Crippen LogP contribution in [0.25, 0.3) is 11.0 Å². The van der Waals surface area contributed by atoms with E-state index in [0.29, 0.717) is 13.1 Å². The van der Waals surface area contributed by atoms with Crippen molar-refractivity contribution in [3.05, 3.63) is 59.2 Å². The van der Waals surface area contributed by atoms with Crippen molar-refractivity contribution in [1.82, 2.24) is 20.3 Å². The second kappa shape index (κ2) is 6.60. The molecular weight excluding hydrogens is 362 g/mol. The van der Waals surface area contributed by atoms with Crippen molar-refractivity contribution in [2.24, 2.45) is 11.8 Å². The third-order valence-corrected chi connectivity index (χ3v) is 6.46.